The van der Waals surface area contributed by atoms with Crippen LogP contribution in [0.1, 0.15) is 56.4 Å². The van der Waals surface area contributed by atoms with Crippen molar-refractivity contribution in [2.45, 2.75) is 61.4 Å². The average molecular weight is 301 g/mol. The van der Waals surface area contributed by atoms with Gasteiger partial charge in [0, 0.05) is 16.0 Å². The van der Waals surface area contributed by atoms with Gasteiger partial charge in [-0.3, -0.25) is 4.21 Å². The van der Waals surface area contributed by atoms with Crippen LogP contribution in [-0.2, 0) is 10.8 Å². The average Bonchev–Trinajstić information content (AvgIpc) is 3.09. The smallest absolute Gasteiger partial charge is 0.0668 e. The van der Waals surface area contributed by atoms with Gasteiger partial charge in [-0.05, 0) is 43.6 Å². The Hall–Kier alpha value is -1.14. The summed E-state index contributed by atoms with van der Waals surface area (Å²) in [4.78, 5) is 0. The van der Waals surface area contributed by atoms with Gasteiger partial charge in [-0.25, -0.2) is 0 Å². The largest absolute Gasteiger partial charge is 0.259 e. The van der Waals surface area contributed by atoms with Crippen LogP contribution in [0.2, 0.25) is 0 Å². The third-order valence-corrected chi connectivity index (χ3v) is 7.40. The predicted octanol–water partition coefficient (Wildman–Crippen LogP) is 4.15. The molecule has 0 aromatic heterocycles. The van der Waals surface area contributed by atoms with Crippen LogP contribution in [0.25, 0.3) is 0 Å². The number of rotatable bonds is 3. The van der Waals surface area contributed by atoms with Gasteiger partial charge >= 0.3 is 0 Å². The molecule has 21 heavy (non-hydrogen) atoms. The standard InChI is InChI=1S/C18H23NOS/c19-13-16-11-10-15(14-6-2-1-3-7-14)12-18(16)21(20)17-8-4-5-9-17/h1-3,6-7,15-18H,4-5,8-12H2. The summed E-state index contributed by atoms with van der Waals surface area (Å²) in [6.07, 6.45) is 7.49. The first-order chi connectivity index (χ1) is 10.3. The quantitative estimate of drug-likeness (QED) is 0.841. The summed E-state index contributed by atoms with van der Waals surface area (Å²) in [6, 6.07) is 13.0. The van der Waals surface area contributed by atoms with Crippen molar-refractivity contribution in [3.05, 3.63) is 35.9 Å². The molecule has 2 fully saturated rings. The van der Waals surface area contributed by atoms with Gasteiger partial charge in [-0.1, -0.05) is 43.2 Å². The van der Waals surface area contributed by atoms with E-state index < -0.39 is 10.8 Å². The van der Waals surface area contributed by atoms with Gasteiger partial charge in [-0.15, -0.1) is 0 Å². The Morgan fingerprint density at radius 2 is 1.76 bits per heavy atom. The summed E-state index contributed by atoms with van der Waals surface area (Å²) in [5.74, 6) is 0.470. The SMILES string of the molecule is N#CC1CCC(c2ccccc2)CC1S(=O)C1CCCC1. The highest BCUT2D eigenvalue weighted by molar-refractivity contribution is 7.86. The Kier molecular flexibility index (Phi) is 4.75. The highest BCUT2D eigenvalue weighted by Gasteiger charge is 2.38. The molecule has 1 aromatic carbocycles. The van der Waals surface area contributed by atoms with E-state index in [4.69, 9.17) is 0 Å². The van der Waals surface area contributed by atoms with Gasteiger partial charge in [0.1, 0.15) is 0 Å². The highest BCUT2D eigenvalue weighted by Crippen LogP contribution is 2.40. The van der Waals surface area contributed by atoms with Crippen molar-refractivity contribution in [1.29, 1.82) is 5.26 Å². The first-order valence-corrected chi connectivity index (χ1v) is 9.41. The molecule has 4 unspecified atom stereocenters. The minimum atomic E-state index is -0.829. The fourth-order valence-electron chi connectivity index (χ4n) is 3.93. The lowest BCUT2D eigenvalue weighted by Crippen LogP contribution is -2.35. The first kappa shape index (κ1) is 14.8. The van der Waals surface area contributed by atoms with Crippen LogP contribution in [0, 0.1) is 17.2 Å². The van der Waals surface area contributed by atoms with Crippen molar-refractivity contribution < 1.29 is 4.21 Å². The molecule has 0 bridgehead atoms. The molecule has 0 N–H and O–H groups in total. The maximum absolute atomic E-state index is 12.9. The third-order valence-electron chi connectivity index (χ3n) is 5.16. The summed E-state index contributed by atoms with van der Waals surface area (Å²) in [5, 5.41) is 9.85. The predicted molar refractivity (Wildman–Crippen MR) is 86.3 cm³/mol. The molecule has 2 nitrogen and oxygen atoms in total. The summed E-state index contributed by atoms with van der Waals surface area (Å²) in [6.45, 7) is 0. The van der Waals surface area contributed by atoms with Crippen molar-refractivity contribution in [3.63, 3.8) is 0 Å². The summed E-state index contributed by atoms with van der Waals surface area (Å²) in [7, 11) is -0.829. The molecule has 0 saturated heterocycles. The highest BCUT2D eigenvalue weighted by atomic mass is 32.2. The maximum Gasteiger partial charge on any atom is 0.0668 e. The van der Waals surface area contributed by atoms with Crippen LogP contribution < -0.4 is 0 Å². The molecule has 0 amide bonds. The van der Waals surface area contributed by atoms with Crippen LogP contribution in [0.3, 0.4) is 0 Å². The fraction of sp³-hybridized carbons (Fsp3) is 0.611. The van der Waals surface area contributed by atoms with Crippen molar-refractivity contribution in [1.82, 2.24) is 0 Å². The van der Waals surface area contributed by atoms with E-state index in [-0.39, 0.29) is 11.2 Å². The minimum Gasteiger partial charge on any atom is -0.259 e. The molecule has 3 heteroatoms. The Labute approximate surface area is 130 Å². The second-order valence-electron chi connectivity index (χ2n) is 6.43. The Morgan fingerprint density at radius 3 is 2.43 bits per heavy atom. The van der Waals surface area contributed by atoms with Crippen LogP contribution in [0.15, 0.2) is 30.3 Å². The number of hydrogen-bond acceptors (Lipinski definition) is 2. The lowest BCUT2D eigenvalue weighted by Gasteiger charge is -2.33. The van der Waals surface area contributed by atoms with Gasteiger partial charge in [-0.2, -0.15) is 5.26 Å². The fourth-order valence-corrected chi connectivity index (χ4v) is 6.16. The van der Waals surface area contributed by atoms with E-state index >= 15 is 0 Å². The summed E-state index contributed by atoms with van der Waals surface area (Å²) < 4.78 is 12.9. The van der Waals surface area contributed by atoms with Crippen molar-refractivity contribution >= 4 is 10.8 Å². The van der Waals surface area contributed by atoms with E-state index in [2.05, 4.69) is 30.3 Å². The molecular weight excluding hydrogens is 278 g/mol. The maximum atomic E-state index is 12.9. The molecule has 112 valence electrons. The summed E-state index contributed by atoms with van der Waals surface area (Å²) >= 11 is 0. The second-order valence-corrected chi connectivity index (χ2v) is 8.36. The number of nitrogens with zero attached hydrogens (tertiary/aromatic N) is 1. The molecule has 1 aromatic rings. The normalized spacial score (nSPS) is 31.7. The van der Waals surface area contributed by atoms with Crippen molar-refractivity contribution in [3.8, 4) is 6.07 Å². The van der Waals surface area contributed by atoms with E-state index in [9.17, 15) is 9.47 Å². The molecule has 2 aliphatic rings. The zero-order chi connectivity index (χ0) is 14.7. The van der Waals surface area contributed by atoms with Gasteiger partial charge in [0.2, 0.25) is 0 Å². The molecule has 4 atom stereocenters. The van der Waals surface area contributed by atoms with Crippen LogP contribution in [0.4, 0.5) is 0 Å². The van der Waals surface area contributed by atoms with Crippen molar-refractivity contribution in [2.75, 3.05) is 0 Å². The lowest BCUT2D eigenvalue weighted by atomic mass is 9.79. The molecule has 0 aliphatic heterocycles. The Morgan fingerprint density at radius 1 is 1.05 bits per heavy atom. The summed E-state index contributed by atoms with van der Waals surface area (Å²) in [5.41, 5.74) is 1.35. The number of hydrogen-bond donors (Lipinski definition) is 0. The lowest BCUT2D eigenvalue weighted by molar-refractivity contribution is 0.386. The molecule has 0 heterocycles. The number of nitriles is 1. The Balaban J connectivity index is 1.76. The molecule has 2 saturated carbocycles. The third kappa shape index (κ3) is 3.21. The first-order valence-electron chi connectivity index (χ1n) is 8.13. The van der Waals surface area contributed by atoms with E-state index in [1.54, 1.807) is 0 Å². The molecule has 0 spiro atoms. The van der Waals surface area contributed by atoms with Gasteiger partial charge in [0.15, 0.2) is 0 Å². The van der Waals surface area contributed by atoms with E-state index in [1.165, 1.54) is 18.4 Å². The molecular formula is C18H23NOS. The minimum absolute atomic E-state index is 0.00797. The Bertz CT molecular complexity index is 530. The molecule has 3 rings (SSSR count). The zero-order valence-electron chi connectivity index (χ0n) is 12.4. The van der Waals surface area contributed by atoms with Crippen LogP contribution in [0.5, 0.6) is 0 Å². The van der Waals surface area contributed by atoms with Gasteiger partial charge in [0.05, 0.1) is 17.2 Å². The second kappa shape index (κ2) is 6.75. The van der Waals surface area contributed by atoms with Crippen LogP contribution >= 0.6 is 0 Å². The van der Waals surface area contributed by atoms with E-state index in [0.29, 0.717) is 11.2 Å². The van der Waals surface area contributed by atoms with Crippen molar-refractivity contribution in [2.24, 2.45) is 5.92 Å². The van der Waals surface area contributed by atoms with Gasteiger partial charge < -0.3 is 0 Å². The molecule has 2 aliphatic carbocycles. The van der Waals surface area contributed by atoms with Crippen LogP contribution in [-0.4, -0.2) is 14.7 Å². The van der Waals surface area contributed by atoms with E-state index in [0.717, 1.165) is 32.1 Å². The molecule has 0 radical (unpaired) electrons. The number of benzene rings is 1. The van der Waals surface area contributed by atoms with E-state index in [1.807, 2.05) is 6.07 Å². The van der Waals surface area contributed by atoms with Gasteiger partial charge in [0.25, 0.3) is 0 Å². The zero-order valence-corrected chi connectivity index (χ0v) is 13.2. The topological polar surface area (TPSA) is 40.9 Å². The monoisotopic (exact) mass is 301 g/mol.